The number of amides is 1. The molecule has 8 heteroatoms. The minimum Gasteiger partial charge on any atom is -0.363 e. The van der Waals surface area contributed by atoms with Crippen LogP contribution in [0.25, 0.3) is 0 Å². The monoisotopic (exact) mass is 420 g/mol. The second-order valence-electron chi connectivity index (χ2n) is 7.21. The maximum atomic E-state index is 13.8. The van der Waals surface area contributed by atoms with Crippen LogP contribution in [0.3, 0.4) is 0 Å². The van der Waals surface area contributed by atoms with Gasteiger partial charge in [0, 0.05) is 24.4 Å². The number of halogens is 5. The minimum absolute atomic E-state index is 0.0875. The molecule has 1 amide bonds. The van der Waals surface area contributed by atoms with Crippen molar-refractivity contribution in [1.82, 2.24) is 4.90 Å². The largest absolute Gasteiger partial charge is 0.394 e. The topological polar surface area (TPSA) is 32.3 Å². The van der Waals surface area contributed by atoms with Gasteiger partial charge in [-0.3, -0.25) is 4.79 Å². The molecule has 0 aliphatic carbocycles. The van der Waals surface area contributed by atoms with Crippen LogP contribution in [0, 0.1) is 17.6 Å². The summed E-state index contributed by atoms with van der Waals surface area (Å²) in [6.45, 7) is 0.389. The minimum atomic E-state index is -4.36. The molecule has 2 heterocycles. The molecular weight excluding hydrogens is 403 g/mol. The van der Waals surface area contributed by atoms with Crippen molar-refractivity contribution >= 4 is 11.6 Å². The Morgan fingerprint density at radius 2 is 1.80 bits per heavy atom. The number of anilines is 1. The van der Waals surface area contributed by atoms with E-state index in [9.17, 15) is 26.7 Å². The van der Waals surface area contributed by atoms with Gasteiger partial charge in [0.05, 0.1) is 17.5 Å². The summed E-state index contributed by atoms with van der Waals surface area (Å²) >= 11 is 0. The molecule has 0 saturated carbocycles. The molecule has 30 heavy (non-hydrogen) atoms. The van der Waals surface area contributed by atoms with Crippen molar-refractivity contribution < 1.29 is 26.7 Å². The van der Waals surface area contributed by atoms with Gasteiger partial charge in [0.1, 0.15) is 0 Å². The average Bonchev–Trinajstić information content (AvgIpc) is 3.11. The lowest BCUT2D eigenvalue weighted by molar-refractivity contribution is -0.180. The van der Waals surface area contributed by atoms with E-state index in [-0.39, 0.29) is 12.1 Å². The van der Waals surface area contributed by atoms with Crippen LogP contribution in [0.15, 0.2) is 66.4 Å². The van der Waals surface area contributed by atoms with Crippen molar-refractivity contribution in [3.05, 3.63) is 89.2 Å². The van der Waals surface area contributed by atoms with Crippen LogP contribution < -0.4 is 5.32 Å². The summed E-state index contributed by atoms with van der Waals surface area (Å²) in [5.41, 5.74) is 0.917. The van der Waals surface area contributed by atoms with Crippen LogP contribution in [-0.4, -0.2) is 23.5 Å². The molecule has 0 radical (unpaired) electrons. The van der Waals surface area contributed by atoms with Crippen molar-refractivity contribution in [3.63, 3.8) is 0 Å². The lowest BCUT2D eigenvalue weighted by atomic mass is 9.92. The summed E-state index contributed by atoms with van der Waals surface area (Å²) in [5, 5.41) is 2.44. The normalized spacial score (nSPS) is 20.7. The predicted molar refractivity (Wildman–Crippen MR) is 102 cm³/mol. The van der Waals surface area contributed by atoms with E-state index in [2.05, 4.69) is 5.32 Å². The molecule has 1 N–H and O–H groups in total. The molecule has 2 aliphatic heterocycles. The number of fused-ring (bicyclic) bond motifs is 1. The summed E-state index contributed by atoms with van der Waals surface area (Å²) in [7, 11) is 0. The molecule has 1 fully saturated rings. The second kappa shape index (κ2) is 7.59. The average molecular weight is 420 g/mol. The van der Waals surface area contributed by atoms with Crippen LogP contribution in [0.1, 0.15) is 28.4 Å². The smallest absolute Gasteiger partial charge is 0.363 e. The summed E-state index contributed by atoms with van der Waals surface area (Å²) in [6.07, 6.45) is 0.814. The number of allylic oxidation sites excluding steroid dienone is 3. The maximum Gasteiger partial charge on any atom is 0.394 e. The second-order valence-corrected chi connectivity index (χ2v) is 7.21. The Balaban J connectivity index is 1.56. The van der Waals surface area contributed by atoms with Gasteiger partial charge in [0.2, 0.25) is 0 Å². The van der Waals surface area contributed by atoms with E-state index in [1.54, 1.807) is 23.1 Å². The molecule has 3 nitrogen and oxygen atoms in total. The van der Waals surface area contributed by atoms with E-state index >= 15 is 0 Å². The van der Waals surface area contributed by atoms with Crippen LogP contribution in [0.5, 0.6) is 0 Å². The molecule has 2 aromatic carbocycles. The number of nitrogens with zero attached hydrogens (tertiary/aromatic N) is 1. The molecule has 0 bridgehead atoms. The van der Waals surface area contributed by atoms with Gasteiger partial charge in [-0.1, -0.05) is 30.4 Å². The molecule has 2 aliphatic rings. The van der Waals surface area contributed by atoms with Gasteiger partial charge in [-0.2, -0.15) is 13.2 Å². The highest BCUT2D eigenvalue weighted by Crippen LogP contribution is 2.51. The van der Waals surface area contributed by atoms with E-state index in [0.717, 1.165) is 12.1 Å². The molecule has 4 rings (SSSR count). The first-order chi connectivity index (χ1) is 14.3. The highest BCUT2D eigenvalue weighted by molar-refractivity contribution is 6.04. The summed E-state index contributed by atoms with van der Waals surface area (Å²) in [5.74, 6) is -4.79. The Morgan fingerprint density at radius 3 is 2.50 bits per heavy atom. The van der Waals surface area contributed by atoms with E-state index in [1.165, 1.54) is 30.3 Å². The van der Waals surface area contributed by atoms with Crippen LogP contribution in [0.2, 0.25) is 0 Å². The maximum absolute atomic E-state index is 13.8. The Bertz CT molecular complexity index is 1030. The zero-order valence-electron chi connectivity index (χ0n) is 15.6. The number of hydrogen-bond donors (Lipinski definition) is 1. The highest BCUT2D eigenvalue weighted by Gasteiger charge is 2.52. The summed E-state index contributed by atoms with van der Waals surface area (Å²) < 4.78 is 68.0. The van der Waals surface area contributed by atoms with Crippen molar-refractivity contribution in [2.24, 2.45) is 5.92 Å². The molecule has 0 spiro atoms. The van der Waals surface area contributed by atoms with Gasteiger partial charge >= 0.3 is 6.18 Å². The van der Waals surface area contributed by atoms with Gasteiger partial charge in [0.25, 0.3) is 5.91 Å². The Morgan fingerprint density at radius 1 is 1.07 bits per heavy atom. The standard InChI is InChI=1S/C22H17F5N2O/c23-18-6-3-5-16(19(18)24)21(30)28-14-9-7-13(8-10-14)20-17(22(25,26)27)12-15-4-1-2-11-29(15)20/h1-10,17,20H,11-12H2,(H,28,30). The molecule has 1 saturated heterocycles. The van der Waals surface area contributed by atoms with Gasteiger partial charge in [-0.25, -0.2) is 8.78 Å². The molecular formula is C22H17F5N2O. The Kier molecular flexibility index (Phi) is 5.09. The van der Waals surface area contributed by atoms with E-state index in [4.69, 9.17) is 0 Å². The predicted octanol–water partition coefficient (Wildman–Crippen LogP) is 5.60. The quantitative estimate of drug-likeness (QED) is 0.656. The summed E-state index contributed by atoms with van der Waals surface area (Å²) in [6, 6.07) is 8.34. The van der Waals surface area contributed by atoms with Crippen molar-refractivity contribution in [2.45, 2.75) is 18.6 Å². The number of carbonyl (C=O) groups excluding carboxylic acids is 1. The first-order valence-electron chi connectivity index (χ1n) is 9.30. The zero-order chi connectivity index (χ0) is 21.5. The number of rotatable bonds is 3. The van der Waals surface area contributed by atoms with E-state index in [0.29, 0.717) is 17.8 Å². The van der Waals surface area contributed by atoms with E-state index < -0.39 is 41.2 Å². The first kappa shape index (κ1) is 20.1. The number of carbonyl (C=O) groups is 1. The van der Waals surface area contributed by atoms with Gasteiger partial charge in [-0.05, 0) is 35.9 Å². The van der Waals surface area contributed by atoms with Crippen LogP contribution in [0.4, 0.5) is 27.6 Å². The fourth-order valence-electron chi connectivity index (χ4n) is 3.95. The third-order valence-corrected chi connectivity index (χ3v) is 5.37. The fourth-order valence-corrected chi connectivity index (χ4v) is 3.95. The SMILES string of the molecule is O=C(Nc1ccc(C2C(C(F)(F)F)CC3=CC=CCN32)cc1)c1cccc(F)c1F. The molecule has 156 valence electrons. The lowest BCUT2D eigenvalue weighted by Crippen LogP contribution is -2.32. The first-order valence-corrected chi connectivity index (χ1v) is 9.30. The molecule has 0 aromatic heterocycles. The van der Waals surface area contributed by atoms with Gasteiger partial charge < -0.3 is 10.2 Å². The van der Waals surface area contributed by atoms with Crippen molar-refractivity contribution in [2.75, 3.05) is 11.9 Å². The number of benzene rings is 2. The lowest BCUT2D eigenvalue weighted by Gasteiger charge is -2.31. The third kappa shape index (κ3) is 3.69. The zero-order valence-corrected chi connectivity index (χ0v) is 15.6. The number of hydrogen-bond acceptors (Lipinski definition) is 2. The van der Waals surface area contributed by atoms with Crippen molar-refractivity contribution in [3.8, 4) is 0 Å². The number of nitrogens with one attached hydrogen (secondary N) is 1. The molecule has 2 aromatic rings. The molecule has 2 atom stereocenters. The summed E-state index contributed by atoms with van der Waals surface area (Å²) in [4.78, 5) is 13.9. The Labute approximate surface area is 169 Å². The van der Waals surface area contributed by atoms with Crippen LogP contribution in [-0.2, 0) is 0 Å². The van der Waals surface area contributed by atoms with Crippen LogP contribution >= 0.6 is 0 Å². The van der Waals surface area contributed by atoms with E-state index in [1.807, 2.05) is 0 Å². The van der Waals surface area contributed by atoms with Gasteiger partial charge in [0.15, 0.2) is 11.6 Å². The highest BCUT2D eigenvalue weighted by atomic mass is 19.4. The number of alkyl halides is 3. The Hall–Kier alpha value is -3.16. The van der Waals surface area contributed by atoms with Crippen molar-refractivity contribution in [1.29, 1.82) is 0 Å². The fraction of sp³-hybridized carbons (Fsp3) is 0.227. The molecule has 2 unspecified atom stereocenters. The third-order valence-electron chi connectivity index (χ3n) is 5.37. The van der Waals surface area contributed by atoms with Gasteiger partial charge in [-0.15, -0.1) is 0 Å².